The lowest BCUT2D eigenvalue weighted by Crippen LogP contribution is -1.87. The van der Waals surface area contributed by atoms with Crippen molar-refractivity contribution in [2.45, 2.75) is 31.6 Å². The van der Waals surface area contributed by atoms with E-state index in [1.165, 1.54) is 31.2 Å². The summed E-state index contributed by atoms with van der Waals surface area (Å²) in [5.41, 5.74) is 5.68. The Kier molecular flexibility index (Phi) is 4.09. The predicted molar refractivity (Wildman–Crippen MR) is 52.3 cm³/mol. The first-order valence-corrected chi connectivity index (χ1v) is 4.66. The van der Waals surface area contributed by atoms with Gasteiger partial charge in [-0.2, -0.15) is 0 Å². The predicted octanol–water partition coefficient (Wildman–Crippen LogP) is 1.77. The van der Waals surface area contributed by atoms with Crippen LogP contribution in [0.25, 0.3) is 0 Å². The second-order valence-electron chi connectivity index (χ2n) is 3.26. The van der Waals surface area contributed by atoms with Crippen LogP contribution in [0.4, 0.5) is 0 Å². The van der Waals surface area contributed by atoms with E-state index >= 15 is 0 Å². The molecule has 3 heteroatoms. The van der Waals surface area contributed by atoms with Crippen molar-refractivity contribution in [2.24, 2.45) is 5.73 Å². The molecule has 0 unspecified atom stereocenters. The number of aromatic nitrogens is 1. The summed E-state index contributed by atoms with van der Waals surface area (Å²) in [6.45, 7) is 0. The molecule has 0 radical (unpaired) electrons. The van der Waals surface area contributed by atoms with Gasteiger partial charge in [-0.1, -0.05) is 12.8 Å². The monoisotopic (exact) mass is 180 g/mol. The number of aromatic amines is 1. The van der Waals surface area contributed by atoms with Gasteiger partial charge < -0.3 is 10.7 Å². The van der Waals surface area contributed by atoms with Crippen LogP contribution in [-0.2, 0) is 4.79 Å². The van der Waals surface area contributed by atoms with Crippen LogP contribution in [-0.4, -0.2) is 11.4 Å². The fourth-order valence-electron chi connectivity index (χ4n) is 1.85. The third-order valence-corrected chi connectivity index (χ3v) is 2.45. The van der Waals surface area contributed by atoms with E-state index in [4.69, 9.17) is 4.79 Å². The van der Waals surface area contributed by atoms with Crippen LogP contribution < -0.4 is 5.73 Å². The summed E-state index contributed by atoms with van der Waals surface area (Å²) in [4.78, 5) is 11.7. The summed E-state index contributed by atoms with van der Waals surface area (Å²) in [7, 11) is 0. The molecule has 3 nitrogen and oxygen atoms in total. The normalized spacial score (nSPS) is 16.3. The van der Waals surface area contributed by atoms with Gasteiger partial charge in [-0.15, -0.1) is 0 Å². The number of nitrogens with two attached hydrogens (primary N) is 1. The van der Waals surface area contributed by atoms with Crippen molar-refractivity contribution in [3.63, 3.8) is 0 Å². The van der Waals surface area contributed by atoms with Crippen molar-refractivity contribution >= 4 is 6.41 Å². The molecule has 1 aliphatic rings. The highest BCUT2D eigenvalue weighted by Crippen LogP contribution is 2.33. The first-order chi connectivity index (χ1) is 6.38. The number of rotatable bonds is 1. The third kappa shape index (κ3) is 2.93. The molecule has 0 bridgehead atoms. The maximum atomic E-state index is 8.58. The topological polar surface area (TPSA) is 58.9 Å². The quantitative estimate of drug-likeness (QED) is 0.636. The van der Waals surface area contributed by atoms with Gasteiger partial charge in [0.05, 0.1) is 0 Å². The van der Waals surface area contributed by atoms with Crippen molar-refractivity contribution < 1.29 is 4.79 Å². The molecule has 1 aliphatic carbocycles. The van der Waals surface area contributed by atoms with Crippen LogP contribution in [0.1, 0.15) is 37.2 Å². The molecular formula is C10H16N2O. The molecule has 0 aromatic carbocycles. The number of primary amides is 1. The number of nitrogens with one attached hydrogen (secondary N) is 1. The second-order valence-corrected chi connectivity index (χ2v) is 3.26. The highest BCUT2D eigenvalue weighted by molar-refractivity contribution is 5.42. The Bertz CT molecular complexity index is 225. The van der Waals surface area contributed by atoms with Crippen LogP contribution in [0.2, 0.25) is 0 Å². The summed E-state index contributed by atoms with van der Waals surface area (Å²) in [6, 6.07) is 2.20. The zero-order chi connectivity index (χ0) is 9.52. The average molecular weight is 180 g/mol. The van der Waals surface area contributed by atoms with E-state index in [9.17, 15) is 0 Å². The van der Waals surface area contributed by atoms with Gasteiger partial charge >= 0.3 is 0 Å². The van der Waals surface area contributed by atoms with E-state index in [1.807, 2.05) is 6.20 Å². The fourth-order valence-corrected chi connectivity index (χ4v) is 1.85. The first-order valence-electron chi connectivity index (χ1n) is 4.66. The third-order valence-electron chi connectivity index (χ3n) is 2.45. The zero-order valence-electron chi connectivity index (χ0n) is 7.70. The standard InChI is InChI=1S/C9H13N.CH3NO/c1-2-4-8(3-1)9-5-6-10-7-9;2-1-3/h5-8,10H,1-4H2;1H,(H2,2,3). The van der Waals surface area contributed by atoms with E-state index in [2.05, 4.69) is 23.0 Å². The lowest BCUT2D eigenvalue weighted by molar-refractivity contribution is -0.106. The van der Waals surface area contributed by atoms with Gasteiger partial charge in [0.15, 0.2) is 0 Å². The Hall–Kier alpha value is -1.25. The summed E-state index contributed by atoms with van der Waals surface area (Å²) < 4.78 is 0. The number of hydrogen-bond donors (Lipinski definition) is 2. The molecule has 3 N–H and O–H groups in total. The molecule has 0 aliphatic heterocycles. The summed E-state index contributed by atoms with van der Waals surface area (Å²) >= 11 is 0. The van der Waals surface area contributed by atoms with Gasteiger partial charge in [-0.3, -0.25) is 4.79 Å². The number of carbonyl (C=O) groups excluding carboxylic acids is 1. The molecule has 0 spiro atoms. The molecule has 0 saturated heterocycles. The van der Waals surface area contributed by atoms with Gasteiger partial charge in [0.2, 0.25) is 6.41 Å². The summed E-state index contributed by atoms with van der Waals surface area (Å²) in [6.07, 6.45) is 10.1. The minimum absolute atomic E-state index is 0.250. The van der Waals surface area contributed by atoms with Crippen LogP contribution in [0.15, 0.2) is 18.5 Å². The Morgan fingerprint density at radius 2 is 2.08 bits per heavy atom. The summed E-state index contributed by atoms with van der Waals surface area (Å²) in [5, 5.41) is 0. The molecule has 1 aromatic heterocycles. The van der Waals surface area contributed by atoms with Crippen molar-refractivity contribution in [1.29, 1.82) is 0 Å². The fraction of sp³-hybridized carbons (Fsp3) is 0.500. The minimum atomic E-state index is 0.250. The molecule has 1 amide bonds. The molecule has 13 heavy (non-hydrogen) atoms. The van der Waals surface area contributed by atoms with E-state index in [-0.39, 0.29) is 6.41 Å². The molecule has 1 heterocycles. The largest absolute Gasteiger partial charge is 0.372 e. The van der Waals surface area contributed by atoms with Gasteiger partial charge in [-0.05, 0) is 30.4 Å². The van der Waals surface area contributed by atoms with E-state index < -0.39 is 0 Å². The summed E-state index contributed by atoms with van der Waals surface area (Å²) in [5.74, 6) is 0.867. The molecule has 1 aromatic rings. The molecule has 1 saturated carbocycles. The van der Waals surface area contributed by atoms with Crippen molar-refractivity contribution in [3.05, 3.63) is 24.0 Å². The van der Waals surface area contributed by atoms with Crippen LogP contribution >= 0.6 is 0 Å². The number of amides is 1. The molecule has 1 fully saturated rings. The van der Waals surface area contributed by atoms with Crippen molar-refractivity contribution in [3.8, 4) is 0 Å². The molecule has 72 valence electrons. The Morgan fingerprint density at radius 1 is 1.46 bits per heavy atom. The molecular weight excluding hydrogens is 164 g/mol. The maximum absolute atomic E-state index is 8.58. The van der Waals surface area contributed by atoms with Gasteiger partial charge in [-0.25, -0.2) is 0 Å². The van der Waals surface area contributed by atoms with E-state index in [0.717, 1.165) is 5.92 Å². The smallest absolute Gasteiger partial charge is 0.204 e. The van der Waals surface area contributed by atoms with Crippen molar-refractivity contribution in [2.75, 3.05) is 0 Å². The average Bonchev–Trinajstić information content (AvgIpc) is 2.78. The Labute approximate surface area is 78.3 Å². The lowest BCUT2D eigenvalue weighted by Gasteiger charge is -2.03. The molecule has 0 atom stereocenters. The van der Waals surface area contributed by atoms with Crippen LogP contribution in [0.3, 0.4) is 0 Å². The van der Waals surface area contributed by atoms with Gasteiger partial charge in [0, 0.05) is 12.4 Å². The van der Waals surface area contributed by atoms with E-state index in [1.54, 1.807) is 0 Å². The molecule has 2 rings (SSSR count). The van der Waals surface area contributed by atoms with E-state index in [0.29, 0.717) is 0 Å². The maximum Gasteiger partial charge on any atom is 0.204 e. The van der Waals surface area contributed by atoms with Crippen molar-refractivity contribution in [1.82, 2.24) is 4.98 Å². The number of carbonyl (C=O) groups is 1. The highest BCUT2D eigenvalue weighted by Gasteiger charge is 2.16. The van der Waals surface area contributed by atoms with Crippen LogP contribution in [0.5, 0.6) is 0 Å². The Morgan fingerprint density at radius 3 is 2.54 bits per heavy atom. The number of H-pyrrole nitrogens is 1. The first kappa shape index (κ1) is 9.84. The lowest BCUT2D eigenvalue weighted by atomic mass is 10.0. The SMILES string of the molecule is NC=O.c1cc(C2CCCC2)c[nH]1. The van der Waals surface area contributed by atoms with Crippen LogP contribution in [0, 0.1) is 0 Å². The number of hydrogen-bond acceptors (Lipinski definition) is 1. The van der Waals surface area contributed by atoms with Gasteiger partial charge in [0.25, 0.3) is 0 Å². The minimum Gasteiger partial charge on any atom is -0.372 e. The Balaban J connectivity index is 0.000000251. The van der Waals surface area contributed by atoms with Gasteiger partial charge in [0.1, 0.15) is 0 Å². The second kappa shape index (κ2) is 5.41. The highest BCUT2D eigenvalue weighted by atomic mass is 16.1. The zero-order valence-corrected chi connectivity index (χ0v) is 7.70.